The molecule has 0 saturated heterocycles. The predicted molar refractivity (Wildman–Crippen MR) is 159 cm³/mol. The van der Waals surface area contributed by atoms with Gasteiger partial charge in [0.2, 0.25) is 5.78 Å². The van der Waals surface area contributed by atoms with Gasteiger partial charge in [0.15, 0.2) is 23.0 Å². The van der Waals surface area contributed by atoms with E-state index in [1.807, 2.05) is 32.1 Å². The monoisotopic (exact) mass is 544 g/mol. The third-order valence-electron chi connectivity index (χ3n) is 7.38. The fourth-order valence-electron chi connectivity index (χ4n) is 5.27. The summed E-state index contributed by atoms with van der Waals surface area (Å²) in [5.74, 6) is 0.892. The van der Waals surface area contributed by atoms with Crippen molar-refractivity contribution in [1.82, 2.24) is 0 Å². The van der Waals surface area contributed by atoms with Gasteiger partial charge in [-0.05, 0) is 79.4 Å². The maximum atomic E-state index is 13.6. The van der Waals surface area contributed by atoms with E-state index in [1.54, 1.807) is 13.2 Å². The molecule has 0 bridgehead atoms. The third kappa shape index (κ3) is 5.86. The van der Waals surface area contributed by atoms with Gasteiger partial charge in [0, 0.05) is 28.8 Å². The summed E-state index contributed by atoms with van der Waals surface area (Å²) in [4.78, 5) is 27.2. The Bertz CT molecular complexity index is 1410. The number of rotatable bonds is 9. The summed E-state index contributed by atoms with van der Waals surface area (Å²) in [6.07, 6.45) is 14.1. The molecule has 3 aliphatic rings. The molecule has 0 unspecified atom stereocenters. The van der Waals surface area contributed by atoms with Gasteiger partial charge in [0.1, 0.15) is 17.5 Å². The van der Waals surface area contributed by atoms with Crippen LogP contribution in [-0.2, 0) is 14.3 Å². The Morgan fingerprint density at radius 3 is 2.38 bits per heavy atom. The SMILES string of the molecule is COC1=CC(=O)C2=C(C1=O)[C@H](/C=C(\C)CCC=C(C)C)Oc1cc(OC)c3c(c12)C=C[C@](C)(CCC=C(C)C)O3. The molecule has 0 spiro atoms. The van der Waals surface area contributed by atoms with Crippen LogP contribution in [0.3, 0.4) is 0 Å². The second-order valence-electron chi connectivity index (χ2n) is 11.3. The van der Waals surface area contributed by atoms with E-state index in [0.29, 0.717) is 33.9 Å². The van der Waals surface area contributed by atoms with Crippen molar-refractivity contribution in [2.75, 3.05) is 14.2 Å². The van der Waals surface area contributed by atoms with Gasteiger partial charge in [-0.3, -0.25) is 9.59 Å². The van der Waals surface area contributed by atoms with Crippen molar-refractivity contribution in [3.63, 3.8) is 0 Å². The lowest BCUT2D eigenvalue weighted by molar-refractivity contribution is -0.118. The van der Waals surface area contributed by atoms with Gasteiger partial charge in [0.25, 0.3) is 0 Å². The largest absolute Gasteiger partial charge is 0.493 e. The minimum absolute atomic E-state index is 0.0115. The number of hydrogen-bond acceptors (Lipinski definition) is 6. The fraction of sp³-hybridized carbons (Fsp3) is 0.412. The summed E-state index contributed by atoms with van der Waals surface area (Å²) in [6, 6.07) is 1.76. The Morgan fingerprint density at radius 2 is 1.73 bits per heavy atom. The minimum atomic E-state index is -0.741. The molecule has 0 saturated carbocycles. The van der Waals surface area contributed by atoms with E-state index in [-0.39, 0.29) is 22.9 Å². The number of hydrogen-bond donors (Lipinski definition) is 0. The molecule has 0 fully saturated rings. The molecule has 1 aromatic carbocycles. The average Bonchev–Trinajstić information content (AvgIpc) is 2.88. The van der Waals surface area contributed by atoms with E-state index in [2.05, 4.69) is 39.8 Å². The van der Waals surface area contributed by atoms with Crippen molar-refractivity contribution in [3.05, 3.63) is 75.6 Å². The van der Waals surface area contributed by atoms with E-state index < -0.39 is 11.7 Å². The molecular formula is C34H40O6. The zero-order valence-electron chi connectivity index (χ0n) is 24.9. The first kappa shape index (κ1) is 29.2. The smallest absolute Gasteiger partial charge is 0.228 e. The summed E-state index contributed by atoms with van der Waals surface area (Å²) >= 11 is 0. The number of carbonyl (C=O) groups excluding carboxylic acids is 2. The fourth-order valence-corrected chi connectivity index (χ4v) is 5.27. The Kier molecular flexibility index (Phi) is 8.57. The summed E-state index contributed by atoms with van der Waals surface area (Å²) in [5.41, 5.74) is 4.84. The molecule has 0 amide bonds. The molecule has 2 atom stereocenters. The quantitative estimate of drug-likeness (QED) is 0.237. The molecule has 0 N–H and O–H groups in total. The zero-order valence-corrected chi connectivity index (χ0v) is 24.9. The number of benzene rings is 1. The highest BCUT2D eigenvalue weighted by Crippen LogP contribution is 2.51. The molecule has 40 heavy (non-hydrogen) atoms. The normalized spacial score (nSPS) is 21.4. The molecule has 6 nitrogen and oxygen atoms in total. The number of ether oxygens (including phenoxy) is 4. The highest BCUT2D eigenvalue weighted by Gasteiger charge is 2.43. The van der Waals surface area contributed by atoms with Gasteiger partial charge < -0.3 is 18.9 Å². The number of allylic oxidation sites excluding steroid dienone is 8. The number of methoxy groups -OCH3 is 2. The minimum Gasteiger partial charge on any atom is -0.493 e. The van der Waals surface area contributed by atoms with Crippen LogP contribution in [0.1, 0.15) is 78.4 Å². The van der Waals surface area contributed by atoms with Gasteiger partial charge in [0.05, 0.1) is 19.8 Å². The van der Waals surface area contributed by atoms with Gasteiger partial charge in [-0.1, -0.05) is 34.9 Å². The lowest BCUT2D eigenvalue weighted by atomic mass is 9.80. The molecule has 6 heteroatoms. The van der Waals surface area contributed by atoms with Crippen LogP contribution in [0.25, 0.3) is 11.6 Å². The maximum Gasteiger partial charge on any atom is 0.228 e. The van der Waals surface area contributed by atoms with Gasteiger partial charge >= 0.3 is 0 Å². The Balaban J connectivity index is 1.84. The van der Waals surface area contributed by atoms with Crippen molar-refractivity contribution in [1.29, 1.82) is 0 Å². The number of ketones is 2. The highest BCUT2D eigenvalue weighted by atomic mass is 16.5. The van der Waals surface area contributed by atoms with Crippen LogP contribution in [0, 0.1) is 0 Å². The van der Waals surface area contributed by atoms with Crippen LogP contribution in [0.2, 0.25) is 0 Å². The number of carbonyl (C=O) groups is 2. The second-order valence-corrected chi connectivity index (χ2v) is 11.3. The van der Waals surface area contributed by atoms with Crippen LogP contribution < -0.4 is 14.2 Å². The molecule has 0 aromatic heterocycles. The molecule has 2 aliphatic heterocycles. The van der Waals surface area contributed by atoms with Crippen LogP contribution in [-0.4, -0.2) is 37.5 Å². The highest BCUT2D eigenvalue weighted by molar-refractivity contribution is 6.38. The van der Waals surface area contributed by atoms with Crippen molar-refractivity contribution >= 4 is 23.2 Å². The molecular weight excluding hydrogens is 504 g/mol. The lowest BCUT2D eigenvalue weighted by Gasteiger charge is -2.36. The number of Topliss-reactive ketones (excluding diaryl/α,β-unsaturated/α-hetero) is 1. The van der Waals surface area contributed by atoms with Crippen molar-refractivity contribution in [2.45, 2.75) is 78.9 Å². The Labute approximate surface area is 237 Å². The topological polar surface area (TPSA) is 71.1 Å². The summed E-state index contributed by atoms with van der Waals surface area (Å²) < 4.78 is 24.1. The van der Waals surface area contributed by atoms with Gasteiger partial charge in [-0.2, -0.15) is 0 Å². The Morgan fingerprint density at radius 1 is 1.02 bits per heavy atom. The van der Waals surface area contributed by atoms with E-state index in [0.717, 1.165) is 31.3 Å². The lowest BCUT2D eigenvalue weighted by Crippen LogP contribution is -2.35. The van der Waals surface area contributed by atoms with Crippen LogP contribution >= 0.6 is 0 Å². The maximum absolute atomic E-state index is 13.6. The van der Waals surface area contributed by atoms with Crippen LogP contribution in [0.15, 0.2) is 64.5 Å². The summed E-state index contributed by atoms with van der Waals surface area (Å²) in [5, 5.41) is 0. The molecule has 1 aliphatic carbocycles. The first-order valence-corrected chi connectivity index (χ1v) is 13.8. The third-order valence-corrected chi connectivity index (χ3v) is 7.38. The van der Waals surface area contributed by atoms with Crippen LogP contribution in [0.5, 0.6) is 17.2 Å². The van der Waals surface area contributed by atoms with Crippen molar-refractivity contribution in [3.8, 4) is 17.2 Å². The molecule has 0 radical (unpaired) electrons. The van der Waals surface area contributed by atoms with Crippen molar-refractivity contribution < 1.29 is 28.5 Å². The van der Waals surface area contributed by atoms with E-state index in [4.69, 9.17) is 18.9 Å². The standard InChI is InChI=1S/C34H40O6/c1-20(2)11-9-13-22(5)17-25-31-30(24(35)18-27(37-7)32(31)36)29-23-14-16-34(6,15-10-12-21(3)4)40-33(23)28(38-8)19-26(29)39-25/h11-12,14,16-19,25H,9-10,13,15H2,1-8H3/b22-17+/t25-,34-/m0/s1. The first-order valence-electron chi connectivity index (χ1n) is 13.8. The predicted octanol–water partition coefficient (Wildman–Crippen LogP) is 7.50. The van der Waals surface area contributed by atoms with Crippen molar-refractivity contribution in [2.24, 2.45) is 0 Å². The summed E-state index contributed by atoms with van der Waals surface area (Å²) in [6.45, 7) is 12.3. The van der Waals surface area contributed by atoms with E-state index >= 15 is 0 Å². The Hall–Kier alpha value is -3.80. The van der Waals surface area contributed by atoms with Gasteiger partial charge in [-0.25, -0.2) is 0 Å². The first-order chi connectivity index (χ1) is 19.0. The average molecular weight is 545 g/mol. The molecule has 1 aromatic rings. The van der Waals surface area contributed by atoms with Crippen LogP contribution in [0.4, 0.5) is 0 Å². The molecule has 212 valence electrons. The second kappa shape index (κ2) is 11.7. The van der Waals surface area contributed by atoms with Gasteiger partial charge in [-0.15, -0.1) is 0 Å². The van der Waals surface area contributed by atoms with E-state index in [1.165, 1.54) is 24.3 Å². The molecule has 4 rings (SSSR count). The summed E-state index contributed by atoms with van der Waals surface area (Å²) in [7, 11) is 2.99. The zero-order chi connectivity index (χ0) is 29.2. The van der Waals surface area contributed by atoms with E-state index in [9.17, 15) is 9.59 Å². The number of fused-ring (bicyclic) bond motifs is 4. The molecule has 2 heterocycles.